The van der Waals surface area contributed by atoms with Crippen molar-refractivity contribution in [3.63, 3.8) is 0 Å². The summed E-state index contributed by atoms with van der Waals surface area (Å²) in [4.78, 5) is 20.4. The van der Waals surface area contributed by atoms with E-state index in [0.717, 1.165) is 40.7 Å². The first-order chi connectivity index (χ1) is 14.0. The number of hydrogen-bond acceptors (Lipinski definition) is 4. The number of aromatic nitrogens is 4. The first-order valence-corrected chi connectivity index (χ1v) is 10.8. The number of fused-ring (bicyclic) bond motifs is 1. The molecule has 4 rings (SSSR count). The minimum absolute atomic E-state index is 0.0205. The highest BCUT2D eigenvalue weighted by atomic mass is 16.1. The molecule has 3 aromatic rings. The Morgan fingerprint density at radius 2 is 2.07 bits per heavy atom. The van der Waals surface area contributed by atoms with Gasteiger partial charge in [0.2, 0.25) is 0 Å². The predicted molar refractivity (Wildman–Crippen MR) is 116 cm³/mol. The zero-order valence-corrected chi connectivity index (χ0v) is 17.9. The van der Waals surface area contributed by atoms with Crippen LogP contribution in [0, 0.1) is 6.92 Å². The van der Waals surface area contributed by atoms with Crippen molar-refractivity contribution < 1.29 is 0 Å². The molecule has 3 heterocycles. The maximum absolute atomic E-state index is 12.5. The SMILES string of the molecule is CCCc1cc(C)c(CNCc2cc(C3CC3)nc3c2cnn3C(C)C)c(=O)[nH]1. The molecule has 0 atom stereocenters. The van der Waals surface area contributed by atoms with Crippen molar-refractivity contribution in [1.29, 1.82) is 0 Å². The van der Waals surface area contributed by atoms with Crippen LogP contribution in [0.4, 0.5) is 0 Å². The van der Waals surface area contributed by atoms with Crippen molar-refractivity contribution in [2.24, 2.45) is 0 Å². The fraction of sp³-hybridized carbons (Fsp3) is 0.522. The zero-order valence-electron chi connectivity index (χ0n) is 17.9. The average Bonchev–Trinajstić information content (AvgIpc) is 3.42. The number of aryl methyl sites for hydroxylation is 2. The quantitative estimate of drug-likeness (QED) is 0.603. The second-order valence-electron chi connectivity index (χ2n) is 8.54. The largest absolute Gasteiger partial charge is 0.326 e. The molecule has 1 aliphatic rings. The van der Waals surface area contributed by atoms with Gasteiger partial charge in [-0.25, -0.2) is 9.67 Å². The van der Waals surface area contributed by atoms with Gasteiger partial charge >= 0.3 is 0 Å². The Bertz CT molecular complexity index is 1070. The minimum atomic E-state index is 0.0205. The molecule has 0 aromatic carbocycles. The first kappa shape index (κ1) is 19.8. The summed E-state index contributed by atoms with van der Waals surface area (Å²) in [5, 5.41) is 9.15. The number of aromatic amines is 1. The maximum Gasteiger partial charge on any atom is 0.252 e. The van der Waals surface area contributed by atoms with Crippen molar-refractivity contribution in [1.82, 2.24) is 25.1 Å². The van der Waals surface area contributed by atoms with E-state index in [2.05, 4.69) is 48.3 Å². The van der Waals surface area contributed by atoms with E-state index >= 15 is 0 Å². The van der Waals surface area contributed by atoms with Crippen molar-refractivity contribution in [3.8, 4) is 0 Å². The third-order valence-electron chi connectivity index (χ3n) is 5.71. The Hall–Kier alpha value is -2.47. The van der Waals surface area contributed by atoms with Gasteiger partial charge in [-0.05, 0) is 63.3 Å². The molecule has 1 saturated carbocycles. The van der Waals surface area contributed by atoms with Crippen LogP contribution >= 0.6 is 0 Å². The van der Waals surface area contributed by atoms with E-state index in [0.29, 0.717) is 19.0 Å². The molecule has 3 aromatic heterocycles. The first-order valence-electron chi connectivity index (χ1n) is 10.8. The minimum Gasteiger partial charge on any atom is -0.326 e. The van der Waals surface area contributed by atoms with Gasteiger partial charge in [0.1, 0.15) is 0 Å². The van der Waals surface area contributed by atoms with E-state index < -0.39 is 0 Å². The molecule has 0 spiro atoms. The maximum atomic E-state index is 12.5. The number of nitrogens with one attached hydrogen (secondary N) is 2. The standard InChI is InChI=1S/C23H31N5O/c1-5-6-18-9-15(4)19(23(29)26-18)12-24-11-17-10-21(16-7-8-16)27-22-20(17)13-25-28(22)14(2)3/h9-10,13-14,16,24H,5-8,11-12H2,1-4H3,(H,26,29). The van der Waals surface area contributed by atoms with Crippen LogP contribution in [0.1, 0.15) is 80.1 Å². The Balaban J connectivity index is 1.57. The van der Waals surface area contributed by atoms with Gasteiger partial charge in [0.15, 0.2) is 5.65 Å². The Labute approximate surface area is 171 Å². The molecule has 0 unspecified atom stereocenters. The van der Waals surface area contributed by atoms with Gasteiger partial charge in [0.05, 0.1) is 6.20 Å². The Morgan fingerprint density at radius 3 is 2.72 bits per heavy atom. The lowest BCUT2D eigenvalue weighted by molar-refractivity contribution is 0.546. The normalized spacial score (nSPS) is 14.2. The molecule has 154 valence electrons. The molecule has 0 amide bonds. The number of nitrogens with zero attached hydrogens (tertiary/aromatic N) is 3. The van der Waals surface area contributed by atoms with Gasteiger partial charge in [0.25, 0.3) is 5.56 Å². The van der Waals surface area contributed by atoms with Crippen LogP contribution < -0.4 is 10.9 Å². The molecule has 6 nitrogen and oxygen atoms in total. The number of hydrogen-bond donors (Lipinski definition) is 2. The average molecular weight is 394 g/mol. The van der Waals surface area contributed by atoms with Crippen LogP contribution in [0.3, 0.4) is 0 Å². The van der Waals surface area contributed by atoms with Crippen LogP contribution in [0.15, 0.2) is 23.1 Å². The summed E-state index contributed by atoms with van der Waals surface area (Å²) in [6, 6.07) is 4.60. The molecule has 0 bridgehead atoms. The van der Waals surface area contributed by atoms with Crippen molar-refractivity contribution in [3.05, 3.63) is 56.8 Å². The highest BCUT2D eigenvalue weighted by Gasteiger charge is 2.27. The third kappa shape index (κ3) is 4.13. The second kappa shape index (κ2) is 8.11. The Morgan fingerprint density at radius 1 is 1.28 bits per heavy atom. The fourth-order valence-corrected chi connectivity index (χ4v) is 3.95. The van der Waals surface area contributed by atoms with Crippen LogP contribution in [0.5, 0.6) is 0 Å². The summed E-state index contributed by atoms with van der Waals surface area (Å²) in [5.41, 5.74) is 6.26. The highest BCUT2D eigenvalue weighted by Crippen LogP contribution is 2.40. The lowest BCUT2D eigenvalue weighted by Crippen LogP contribution is -2.23. The van der Waals surface area contributed by atoms with Crippen molar-refractivity contribution in [2.45, 2.75) is 78.4 Å². The highest BCUT2D eigenvalue weighted by molar-refractivity contribution is 5.79. The summed E-state index contributed by atoms with van der Waals surface area (Å²) in [6.07, 6.45) is 6.30. The van der Waals surface area contributed by atoms with Gasteiger partial charge in [-0.2, -0.15) is 5.10 Å². The molecule has 29 heavy (non-hydrogen) atoms. The van der Waals surface area contributed by atoms with E-state index in [4.69, 9.17) is 4.98 Å². The van der Waals surface area contributed by atoms with E-state index in [1.165, 1.54) is 24.1 Å². The van der Waals surface area contributed by atoms with Gasteiger partial charge in [-0.15, -0.1) is 0 Å². The van der Waals surface area contributed by atoms with Crippen LogP contribution in [0.2, 0.25) is 0 Å². The summed E-state index contributed by atoms with van der Waals surface area (Å²) >= 11 is 0. The monoisotopic (exact) mass is 393 g/mol. The fourth-order valence-electron chi connectivity index (χ4n) is 3.95. The summed E-state index contributed by atoms with van der Waals surface area (Å²) < 4.78 is 2.01. The second-order valence-corrected chi connectivity index (χ2v) is 8.54. The molecule has 2 N–H and O–H groups in total. The van der Waals surface area contributed by atoms with E-state index in [1.54, 1.807) is 0 Å². The van der Waals surface area contributed by atoms with Crippen LogP contribution in [-0.2, 0) is 19.5 Å². The molecular formula is C23H31N5O. The topological polar surface area (TPSA) is 75.6 Å². The molecule has 1 fully saturated rings. The van der Waals surface area contributed by atoms with Gasteiger partial charge < -0.3 is 10.3 Å². The summed E-state index contributed by atoms with van der Waals surface area (Å²) in [5.74, 6) is 0.588. The number of H-pyrrole nitrogens is 1. The molecular weight excluding hydrogens is 362 g/mol. The van der Waals surface area contributed by atoms with Gasteiger partial charge in [0, 0.05) is 47.4 Å². The number of rotatable bonds is 8. The summed E-state index contributed by atoms with van der Waals surface area (Å²) in [6.45, 7) is 9.65. The molecule has 0 saturated heterocycles. The van der Waals surface area contributed by atoms with Gasteiger partial charge in [-0.3, -0.25) is 4.79 Å². The van der Waals surface area contributed by atoms with E-state index in [-0.39, 0.29) is 11.6 Å². The van der Waals surface area contributed by atoms with Crippen molar-refractivity contribution >= 4 is 11.0 Å². The van der Waals surface area contributed by atoms with Gasteiger partial charge in [-0.1, -0.05) is 13.3 Å². The molecule has 1 aliphatic carbocycles. The predicted octanol–water partition coefficient (Wildman–Crippen LogP) is 4.13. The van der Waals surface area contributed by atoms with Crippen molar-refractivity contribution in [2.75, 3.05) is 0 Å². The Kier molecular flexibility index (Phi) is 5.54. The van der Waals surface area contributed by atoms with Crippen LogP contribution in [0.25, 0.3) is 11.0 Å². The van der Waals surface area contributed by atoms with Crippen LogP contribution in [-0.4, -0.2) is 19.7 Å². The molecule has 6 heteroatoms. The lowest BCUT2D eigenvalue weighted by atomic mass is 10.1. The third-order valence-corrected chi connectivity index (χ3v) is 5.71. The number of pyridine rings is 2. The smallest absolute Gasteiger partial charge is 0.252 e. The molecule has 0 aliphatic heterocycles. The zero-order chi connectivity index (χ0) is 20.5. The lowest BCUT2D eigenvalue weighted by Gasteiger charge is -2.12. The molecule has 0 radical (unpaired) electrons. The summed E-state index contributed by atoms with van der Waals surface area (Å²) in [7, 11) is 0. The van der Waals surface area contributed by atoms with E-state index in [1.807, 2.05) is 17.8 Å². The van der Waals surface area contributed by atoms with E-state index in [9.17, 15) is 4.79 Å².